The molecule has 7 nitrogen and oxygen atoms in total. The fourth-order valence-corrected chi connectivity index (χ4v) is 3.66. The van der Waals surface area contributed by atoms with Crippen molar-refractivity contribution in [3.8, 4) is 5.75 Å². The molecular formula is C25H22F3N5O2. The van der Waals surface area contributed by atoms with E-state index in [9.17, 15) is 18.0 Å². The topological polar surface area (TPSA) is 81.1 Å². The van der Waals surface area contributed by atoms with E-state index >= 15 is 0 Å². The first-order chi connectivity index (χ1) is 16.8. The van der Waals surface area contributed by atoms with Crippen LogP contribution in [0.5, 0.6) is 5.75 Å². The molecule has 2 N–H and O–H groups in total. The summed E-state index contributed by atoms with van der Waals surface area (Å²) in [6.07, 6.45) is 4.04. The molecule has 4 rings (SSSR count). The summed E-state index contributed by atoms with van der Waals surface area (Å²) in [5.41, 5.74) is 1.32. The van der Waals surface area contributed by atoms with Gasteiger partial charge in [0, 0.05) is 30.5 Å². The number of anilines is 2. The molecule has 0 radical (unpaired) electrons. The van der Waals surface area contributed by atoms with E-state index < -0.39 is 17.8 Å². The number of carbonyl (C=O) groups is 1. The third kappa shape index (κ3) is 5.78. The van der Waals surface area contributed by atoms with E-state index in [0.717, 1.165) is 23.3 Å². The largest absolute Gasteiger partial charge is 0.492 e. The molecule has 180 valence electrons. The Balaban J connectivity index is 1.58. The Labute approximate surface area is 199 Å². The molecule has 2 amide bonds. The van der Waals surface area contributed by atoms with Gasteiger partial charge < -0.3 is 19.9 Å². The number of hydrogen-bond donors (Lipinski definition) is 2. The summed E-state index contributed by atoms with van der Waals surface area (Å²) in [5, 5.41) is 5.15. The summed E-state index contributed by atoms with van der Waals surface area (Å²) in [6, 6.07) is 13.0. The normalized spacial score (nSPS) is 12.1. The van der Waals surface area contributed by atoms with E-state index in [4.69, 9.17) is 4.74 Å². The standard InChI is InChI=1S/C25H22F3N5O2/c1-2-35-22-7-6-19(25(26,27)28)15-21(22)32-24(34)31-20-5-3-4-18(14-20)23(33-13-12-30-16-33)17-8-10-29-11-9-17/h3-16,23H,2H2,1H3,(H2,31,32,34). The Hall–Kier alpha value is -4.34. The fraction of sp³-hybridized carbons (Fsp3) is 0.160. The maximum Gasteiger partial charge on any atom is 0.416 e. The molecule has 0 saturated carbocycles. The van der Waals surface area contributed by atoms with Crippen LogP contribution in [-0.4, -0.2) is 27.2 Å². The van der Waals surface area contributed by atoms with Crippen molar-refractivity contribution >= 4 is 17.4 Å². The molecule has 1 unspecified atom stereocenters. The van der Waals surface area contributed by atoms with Crippen molar-refractivity contribution < 1.29 is 22.7 Å². The Morgan fingerprint density at radius 2 is 1.80 bits per heavy atom. The lowest BCUT2D eigenvalue weighted by atomic mass is 9.99. The average Bonchev–Trinajstić information content (AvgIpc) is 3.35. The number of nitrogens with zero attached hydrogens (tertiary/aromatic N) is 3. The highest BCUT2D eigenvalue weighted by Crippen LogP contribution is 2.35. The van der Waals surface area contributed by atoms with Crippen molar-refractivity contribution in [3.05, 3.63) is 102 Å². The van der Waals surface area contributed by atoms with E-state index in [1.54, 1.807) is 50.0 Å². The van der Waals surface area contributed by atoms with Gasteiger partial charge in [0.15, 0.2) is 0 Å². The zero-order valence-corrected chi connectivity index (χ0v) is 18.7. The maximum absolute atomic E-state index is 13.2. The summed E-state index contributed by atoms with van der Waals surface area (Å²) in [6.45, 7) is 1.93. The molecular weight excluding hydrogens is 459 g/mol. The minimum atomic E-state index is -4.55. The quantitative estimate of drug-likeness (QED) is 0.340. The first kappa shape index (κ1) is 23.8. The van der Waals surface area contributed by atoms with Gasteiger partial charge in [0.05, 0.1) is 30.2 Å². The second-order valence-corrected chi connectivity index (χ2v) is 7.54. The molecule has 0 spiro atoms. The number of imidazole rings is 1. The monoisotopic (exact) mass is 481 g/mol. The van der Waals surface area contributed by atoms with E-state index in [1.165, 1.54) is 6.07 Å². The van der Waals surface area contributed by atoms with Gasteiger partial charge >= 0.3 is 12.2 Å². The number of amides is 2. The van der Waals surface area contributed by atoms with Crippen LogP contribution < -0.4 is 15.4 Å². The van der Waals surface area contributed by atoms with Gasteiger partial charge in [0.1, 0.15) is 5.75 Å². The SMILES string of the molecule is CCOc1ccc(C(F)(F)F)cc1NC(=O)Nc1cccc(C(c2ccncc2)n2ccnc2)c1. The molecule has 1 atom stereocenters. The van der Waals surface area contributed by atoms with Gasteiger partial charge in [-0.25, -0.2) is 9.78 Å². The number of aromatic nitrogens is 3. The molecule has 10 heteroatoms. The van der Waals surface area contributed by atoms with Gasteiger partial charge in [-0.15, -0.1) is 0 Å². The van der Waals surface area contributed by atoms with Crippen LogP contribution in [0.1, 0.15) is 29.7 Å². The van der Waals surface area contributed by atoms with Crippen molar-refractivity contribution in [1.29, 1.82) is 0 Å². The number of halogens is 3. The minimum absolute atomic E-state index is 0.0802. The number of hydrogen-bond acceptors (Lipinski definition) is 4. The molecule has 0 bridgehead atoms. The van der Waals surface area contributed by atoms with Gasteiger partial charge in [-0.1, -0.05) is 12.1 Å². The zero-order valence-electron chi connectivity index (χ0n) is 18.7. The van der Waals surface area contributed by atoms with Gasteiger partial charge in [-0.05, 0) is 60.5 Å². The van der Waals surface area contributed by atoms with Crippen molar-refractivity contribution in [2.45, 2.75) is 19.1 Å². The lowest BCUT2D eigenvalue weighted by Gasteiger charge is -2.20. The van der Waals surface area contributed by atoms with Crippen LogP contribution in [0.2, 0.25) is 0 Å². The third-order valence-corrected chi connectivity index (χ3v) is 5.16. The highest BCUT2D eigenvalue weighted by molar-refractivity contribution is 6.00. The highest BCUT2D eigenvalue weighted by atomic mass is 19.4. The number of nitrogens with one attached hydrogen (secondary N) is 2. The fourth-order valence-electron chi connectivity index (χ4n) is 3.66. The Bertz CT molecular complexity index is 1280. The van der Waals surface area contributed by atoms with Gasteiger partial charge in [0.2, 0.25) is 0 Å². The van der Waals surface area contributed by atoms with Crippen molar-refractivity contribution in [1.82, 2.24) is 14.5 Å². The molecule has 2 heterocycles. The van der Waals surface area contributed by atoms with Crippen molar-refractivity contribution in [2.75, 3.05) is 17.2 Å². The van der Waals surface area contributed by atoms with Crippen molar-refractivity contribution in [2.24, 2.45) is 0 Å². The first-order valence-electron chi connectivity index (χ1n) is 10.7. The Morgan fingerprint density at radius 3 is 2.49 bits per heavy atom. The molecule has 0 aliphatic heterocycles. The van der Waals surface area contributed by atoms with Crippen LogP contribution in [0.15, 0.2) is 85.7 Å². The predicted octanol–water partition coefficient (Wildman–Crippen LogP) is 5.98. The number of ether oxygens (including phenoxy) is 1. The molecule has 4 aromatic rings. The lowest BCUT2D eigenvalue weighted by Crippen LogP contribution is -2.21. The molecule has 2 aromatic carbocycles. The predicted molar refractivity (Wildman–Crippen MR) is 125 cm³/mol. The molecule has 2 aromatic heterocycles. The van der Waals surface area contributed by atoms with E-state index in [0.29, 0.717) is 5.69 Å². The molecule has 0 aliphatic rings. The average molecular weight is 481 g/mol. The summed E-state index contributed by atoms with van der Waals surface area (Å²) in [5.74, 6) is 0.141. The van der Waals surface area contributed by atoms with Gasteiger partial charge in [-0.2, -0.15) is 13.2 Å². The van der Waals surface area contributed by atoms with Crippen LogP contribution in [0.25, 0.3) is 0 Å². The van der Waals surface area contributed by atoms with Crippen LogP contribution in [-0.2, 0) is 6.18 Å². The van der Waals surface area contributed by atoms with E-state index in [1.807, 2.05) is 29.0 Å². The van der Waals surface area contributed by atoms with Gasteiger partial charge in [0.25, 0.3) is 0 Å². The molecule has 35 heavy (non-hydrogen) atoms. The van der Waals surface area contributed by atoms with Crippen LogP contribution in [0.3, 0.4) is 0 Å². The number of benzene rings is 2. The van der Waals surface area contributed by atoms with E-state index in [-0.39, 0.29) is 24.1 Å². The molecule has 0 fully saturated rings. The summed E-state index contributed by atoms with van der Waals surface area (Å²) in [7, 11) is 0. The number of rotatable bonds is 7. The number of carbonyl (C=O) groups excluding carboxylic acids is 1. The van der Waals surface area contributed by atoms with Crippen LogP contribution >= 0.6 is 0 Å². The van der Waals surface area contributed by atoms with Crippen LogP contribution in [0, 0.1) is 0 Å². The van der Waals surface area contributed by atoms with Crippen LogP contribution in [0.4, 0.5) is 29.3 Å². The molecule has 0 aliphatic carbocycles. The Morgan fingerprint density at radius 1 is 1.00 bits per heavy atom. The van der Waals surface area contributed by atoms with E-state index in [2.05, 4.69) is 20.6 Å². The summed E-state index contributed by atoms with van der Waals surface area (Å²) in [4.78, 5) is 20.9. The first-order valence-corrected chi connectivity index (χ1v) is 10.7. The highest BCUT2D eigenvalue weighted by Gasteiger charge is 2.31. The molecule has 0 saturated heterocycles. The van der Waals surface area contributed by atoms with Crippen molar-refractivity contribution in [3.63, 3.8) is 0 Å². The second kappa shape index (κ2) is 10.3. The Kier molecular flexibility index (Phi) is 7.00. The summed E-state index contributed by atoms with van der Waals surface area (Å²) < 4.78 is 46.8. The number of alkyl halides is 3. The smallest absolute Gasteiger partial charge is 0.416 e. The maximum atomic E-state index is 13.2. The zero-order chi connectivity index (χ0) is 24.8. The van der Waals surface area contributed by atoms with Gasteiger partial charge in [-0.3, -0.25) is 4.98 Å². The third-order valence-electron chi connectivity index (χ3n) is 5.16. The number of pyridine rings is 1. The second-order valence-electron chi connectivity index (χ2n) is 7.54. The number of urea groups is 1. The summed E-state index contributed by atoms with van der Waals surface area (Å²) >= 11 is 0. The lowest BCUT2D eigenvalue weighted by molar-refractivity contribution is -0.137. The minimum Gasteiger partial charge on any atom is -0.492 e.